The van der Waals surface area contributed by atoms with Crippen molar-refractivity contribution in [3.8, 4) is 0 Å². The Balaban J connectivity index is 2.07. The first-order valence-electron chi connectivity index (χ1n) is 4.65. The average Bonchev–Trinajstić information content (AvgIpc) is 2.72. The summed E-state index contributed by atoms with van der Waals surface area (Å²) >= 11 is 0. The van der Waals surface area contributed by atoms with Crippen molar-refractivity contribution in [3.05, 3.63) is 54.1 Å². The molecule has 2 rings (SSSR count). The molecule has 2 aromatic rings. The standard InChI is InChI=1S/C11H13N3/c12-10(8-11-13-6-7-14-11)9-4-2-1-3-5-9/h1-7,10H,8,12H2,(H,13,14)/t10-/m1/s1. The Kier molecular flexibility index (Phi) is 2.60. The lowest BCUT2D eigenvalue weighted by atomic mass is 10.0. The Morgan fingerprint density at radius 1 is 1.29 bits per heavy atom. The van der Waals surface area contributed by atoms with E-state index in [1.807, 2.05) is 36.5 Å². The van der Waals surface area contributed by atoms with Crippen LogP contribution in [0.4, 0.5) is 0 Å². The number of hydrogen-bond acceptors (Lipinski definition) is 2. The van der Waals surface area contributed by atoms with Gasteiger partial charge < -0.3 is 10.7 Å². The minimum atomic E-state index is 0.0161. The third kappa shape index (κ3) is 2.00. The smallest absolute Gasteiger partial charge is 0.107 e. The summed E-state index contributed by atoms with van der Waals surface area (Å²) in [5.74, 6) is 0.932. The summed E-state index contributed by atoms with van der Waals surface area (Å²) in [4.78, 5) is 7.19. The number of nitrogens with two attached hydrogens (primary N) is 1. The lowest BCUT2D eigenvalue weighted by Crippen LogP contribution is -2.13. The number of benzene rings is 1. The predicted octanol–water partition coefficient (Wildman–Crippen LogP) is 1.65. The molecular formula is C11H13N3. The van der Waals surface area contributed by atoms with E-state index in [1.165, 1.54) is 0 Å². The first kappa shape index (κ1) is 8.97. The van der Waals surface area contributed by atoms with Crippen LogP contribution in [0.5, 0.6) is 0 Å². The van der Waals surface area contributed by atoms with Gasteiger partial charge in [-0.05, 0) is 5.56 Å². The summed E-state index contributed by atoms with van der Waals surface area (Å²) in [6, 6.07) is 10.1. The number of hydrogen-bond donors (Lipinski definition) is 2. The number of nitrogens with zero attached hydrogens (tertiary/aromatic N) is 1. The molecular weight excluding hydrogens is 174 g/mol. The highest BCUT2D eigenvalue weighted by molar-refractivity contribution is 5.19. The quantitative estimate of drug-likeness (QED) is 0.767. The molecule has 0 amide bonds. The second-order valence-corrected chi connectivity index (χ2v) is 3.26. The van der Waals surface area contributed by atoms with Gasteiger partial charge in [0.1, 0.15) is 5.82 Å². The van der Waals surface area contributed by atoms with Crippen molar-refractivity contribution in [1.82, 2.24) is 9.97 Å². The molecule has 0 spiro atoms. The molecule has 0 saturated carbocycles. The van der Waals surface area contributed by atoms with E-state index in [4.69, 9.17) is 5.73 Å². The van der Waals surface area contributed by atoms with Gasteiger partial charge in [0.15, 0.2) is 0 Å². The van der Waals surface area contributed by atoms with E-state index in [2.05, 4.69) is 9.97 Å². The van der Waals surface area contributed by atoms with E-state index in [9.17, 15) is 0 Å². The number of aromatic amines is 1. The summed E-state index contributed by atoms with van der Waals surface area (Å²) in [5, 5.41) is 0. The van der Waals surface area contributed by atoms with Crippen molar-refractivity contribution < 1.29 is 0 Å². The third-order valence-corrected chi connectivity index (χ3v) is 2.20. The lowest BCUT2D eigenvalue weighted by molar-refractivity contribution is 0.694. The molecule has 0 fully saturated rings. The molecule has 0 radical (unpaired) electrons. The Bertz CT molecular complexity index is 367. The number of aromatic nitrogens is 2. The fourth-order valence-corrected chi connectivity index (χ4v) is 1.44. The summed E-state index contributed by atoms with van der Waals surface area (Å²) in [6.45, 7) is 0. The lowest BCUT2D eigenvalue weighted by Gasteiger charge is -2.09. The van der Waals surface area contributed by atoms with Gasteiger partial charge >= 0.3 is 0 Å². The van der Waals surface area contributed by atoms with Crippen molar-refractivity contribution in [1.29, 1.82) is 0 Å². The van der Waals surface area contributed by atoms with Crippen LogP contribution < -0.4 is 5.73 Å². The van der Waals surface area contributed by atoms with Crippen molar-refractivity contribution in [2.24, 2.45) is 5.73 Å². The fraction of sp³-hybridized carbons (Fsp3) is 0.182. The van der Waals surface area contributed by atoms with Crippen LogP contribution in [0, 0.1) is 0 Å². The maximum atomic E-state index is 6.03. The Hall–Kier alpha value is -1.61. The molecule has 3 nitrogen and oxygen atoms in total. The van der Waals surface area contributed by atoms with E-state index < -0.39 is 0 Å². The van der Waals surface area contributed by atoms with Gasteiger partial charge in [0, 0.05) is 24.9 Å². The zero-order chi connectivity index (χ0) is 9.80. The van der Waals surface area contributed by atoms with Gasteiger partial charge in [0.05, 0.1) is 0 Å². The average molecular weight is 187 g/mol. The van der Waals surface area contributed by atoms with Gasteiger partial charge in [-0.3, -0.25) is 0 Å². The molecule has 3 N–H and O–H groups in total. The second kappa shape index (κ2) is 4.07. The Morgan fingerprint density at radius 3 is 2.71 bits per heavy atom. The first-order valence-corrected chi connectivity index (χ1v) is 4.65. The molecule has 0 aliphatic rings. The van der Waals surface area contributed by atoms with Gasteiger partial charge in [-0.15, -0.1) is 0 Å². The second-order valence-electron chi connectivity index (χ2n) is 3.26. The van der Waals surface area contributed by atoms with Crippen LogP contribution in [-0.2, 0) is 6.42 Å². The largest absolute Gasteiger partial charge is 0.349 e. The molecule has 14 heavy (non-hydrogen) atoms. The van der Waals surface area contributed by atoms with Crippen LogP contribution in [0.25, 0.3) is 0 Å². The molecule has 0 saturated heterocycles. The molecule has 1 aromatic heterocycles. The molecule has 0 bridgehead atoms. The van der Waals surface area contributed by atoms with E-state index in [0.717, 1.165) is 17.8 Å². The van der Waals surface area contributed by atoms with Gasteiger partial charge in [0.25, 0.3) is 0 Å². The van der Waals surface area contributed by atoms with Crippen molar-refractivity contribution in [3.63, 3.8) is 0 Å². The first-order chi connectivity index (χ1) is 6.86. The molecule has 1 atom stereocenters. The molecule has 0 aliphatic carbocycles. The maximum absolute atomic E-state index is 6.03. The molecule has 1 aromatic carbocycles. The summed E-state index contributed by atoms with van der Waals surface area (Å²) in [6.07, 6.45) is 4.30. The van der Waals surface area contributed by atoms with Crippen LogP contribution in [-0.4, -0.2) is 9.97 Å². The molecule has 0 unspecified atom stereocenters. The highest BCUT2D eigenvalue weighted by Crippen LogP contribution is 2.12. The van der Waals surface area contributed by atoms with Gasteiger partial charge in [-0.25, -0.2) is 4.98 Å². The normalized spacial score (nSPS) is 12.6. The van der Waals surface area contributed by atoms with E-state index in [-0.39, 0.29) is 6.04 Å². The SMILES string of the molecule is N[C@H](Cc1ncc[nH]1)c1ccccc1. The van der Waals surface area contributed by atoms with Crippen LogP contribution in [0.3, 0.4) is 0 Å². The monoisotopic (exact) mass is 187 g/mol. The highest BCUT2D eigenvalue weighted by atomic mass is 14.9. The maximum Gasteiger partial charge on any atom is 0.107 e. The Morgan fingerprint density at radius 2 is 2.07 bits per heavy atom. The van der Waals surface area contributed by atoms with Crippen molar-refractivity contribution >= 4 is 0 Å². The molecule has 1 heterocycles. The molecule has 72 valence electrons. The molecule has 3 heteroatoms. The van der Waals surface area contributed by atoms with Crippen molar-refractivity contribution in [2.45, 2.75) is 12.5 Å². The van der Waals surface area contributed by atoms with Crippen LogP contribution in [0.1, 0.15) is 17.4 Å². The fourth-order valence-electron chi connectivity index (χ4n) is 1.44. The topological polar surface area (TPSA) is 54.7 Å². The summed E-state index contributed by atoms with van der Waals surface area (Å²) < 4.78 is 0. The van der Waals surface area contributed by atoms with E-state index in [0.29, 0.717) is 0 Å². The zero-order valence-corrected chi connectivity index (χ0v) is 7.85. The minimum Gasteiger partial charge on any atom is -0.349 e. The minimum absolute atomic E-state index is 0.0161. The zero-order valence-electron chi connectivity index (χ0n) is 7.85. The molecule has 0 aliphatic heterocycles. The van der Waals surface area contributed by atoms with Gasteiger partial charge in [-0.1, -0.05) is 30.3 Å². The van der Waals surface area contributed by atoms with E-state index in [1.54, 1.807) is 6.20 Å². The van der Waals surface area contributed by atoms with Crippen molar-refractivity contribution in [2.75, 3.05) is 0 Å². The summed E-state index contributed by atoms with van der Waals surface area (Å²) in [5.41, 5.74) is 7.17. The number of H-pyrrole nitrogens is 1. The number of rotatable bonds is 3. The number of nitrogens with one attached hydrogen (secondary N) is 1. The Labute approximate surface area is 83.0 Å². The van der Waals surface area contributed by atoms with Crippen LogP contribution in [0.2, 0.25) is 0 Å². The third-order valence-electron chi connectivity index (χ3n) is 2.20. The van der Waals surface area contributed by atoms with Gasteiger partial charge in [-0.2, -0.15) is 0 Å². The number of imidazole rings is 1. The summed E-state index contributed by atoms with van der Waals surface area (Å²) in [7, 11) is 0. The highest BCUT2D eigenvalue weighted by Gasteiger charge is 2.07. The van der Waals surface area contributed by atoms with Gasteiger partial charge in [0.2, 0.25) is 0 Å². The predicted molar refractivity (Wildman–Crippen MR) is 55.7 cm³/mol. The van der Waals surface area contributed by atoms with Crippen LogP contribution >= 0.6 is 0 Å². The van der Waals surface area contributed by atoms with E-state index >= 15 is 0 Å². The van der Waals surface area contributed by atoms with Crippen LogP contribution in [0.15, 0.2) is 42.7 Å².